The maximum atomic E-state index is 9.60. The molecule has 2 saturated heterocycles. The quantitative estimate of drug-likeness (QED) is 0.784. The zero-order valence-electron chi connectivity index (χ0n) is 11.9. The first kappa shape index (κ1) is 14.3. The highest BCUT2D eigenvalue weighted by molar-refractivity contribution is 4.87. The number of hydrogen-bond acceptors (Lipinski definition) is 4. The zero-order chi connectivity index (χ0) is 13.0. The molecule has 0 aromatic carbocycles. The minimum atomic E-state index is 0.0222. The van der Waals surface area contributed by atoms with E-state index in [2.05, 4.69) is 23.9 Å². The Morgan fingerprint density at radius 3 is 2.56 bits per heavy atom. The number of hydrogen-bond donors (Lipinski definition) is 1. The van der Waals surface area contributed by atoms with Crippen LogP contribution in [0.15, 0.2) is 0 Å². The molecule has 0 amide bonds. The fourth-order valence-electron chi connectivity index (χ4n) is 3.27. The summed E-state index contributed by atoms with van der Waals surface area (Å²) in [6.45, 7) is 6.41. The second-order valence-electron chi connectivity index (χ2n) is 6.44. The molecule has 4 heteroatoms. The van der Waals surface area contributed by atoms with Crippen LogP contribution in [0.1, 0.15) is 19.3 Å². The van der Waals surface area contributed by atoms with Crippen LogP contribution in [-0.4, -0.2) is 75.0 Å². The second-order valence-corrected chi connectivity index (χ2v) is 6.44. The van der Waals surface area contributed by atoms with E-state index in [9.17, 15) is 5.11 Å². The second kappa shape index (κ2) is 6.33. The number of aliphatic hydroxyl groups excluding tert-OH is 1. The molecule has 1 N–H and O–H groups in total. The lowest BCUT2D eigenvalue weighted by molar-refractivity contribution is 0.0425. The molecule has 1 atom stereocenters. The van der Waals surface area contributed by atoms with Gasteiger partial charge in [-0.25, -0.2) is 0 Å². The van der Waals surface area contributed by atoms with Gasteiger partial charge in [0, 0.05) is 25.1 Å². The van der Waals surface area contributed by atoms with E-state index in [1.807, 2.05) is 0 Å². The van der Waals surface area contributed by atoms with Gasteiger partial charge in [0.15, 0.2) is 0 Å². The van der Waals surface area contributed by atoms with Crippen molar-refractivity contribution in [3.8, 4) is 0 Å². The van der Waals surface area contributed by atoms with Crippen molar-refractivity contribution in [2.45, 2.75) is 19.3 Å². The Kier molecular flexibility index (Phi) is 5.01. The average Bonchev–Trinajstić information content (AvgIpc) is 2.80. The summed E-state index contributed by atoms with van der Waals surface area (Å²) in [4.78, 5) is 4.82. The molecule has 4 nitrogen and oxygen atoms in total. The van der Waals surface area contributed by atoms with Crippen LogP contribution in [0.5, 0.6) is 0 Å². The van der Waals surface area contributed by atoms with Crippen LogP contribution in [0, 0.1) is 11.3 Å². The summed E-state index contributed by atoms with van der Waals surface area (Å²) in [6.07, 6.45) is 3.60. The number of aliphatic hydroxyl groups is 1. The highest BCUT2D eigenvalue weighted by Crippen LogP contribution is 2.30. The Bertz CT molecular complexity index is 244. The van der Waals surface area contributed by atoms with Gasteiger partial charge in [0.1, 0.15) is 0 Å². The van der Waals surface area contributed by atoms with Crippen LogP contribution in [0.4, 0.5) is 0 Å². The van der Waals surface area contributed by atoms with Gasteiger partial charge in [-0.3, -0.25) is 0 Å². The first-order valence-electron chi connectivity index (χ1n) is 7.19. The lowest BCUT2D eigenvalue weighted by Gasteiger charge is -2.38. The van der Waals surface area contributed by atoms with Crippen molar-refractivity contribution in [3.05, 3.63) is 0 Å². The van der Waals surface area contributed by atoms with Crippen molar-refractivity contribution in [2.75, 3.05) is 60.1 Å². The molecule has 2 aliphatic rings. The van der Waals surface area contributed by atoms with E-state index in [-0.39, 0.29) is 12.0 Å². The zero-order valence-corrected chi connectivity index (χ0v) is 11.9. The van der Waals surface area contributed by atoms with E-state index in [1.165, 1.54) is 32.5 Å². The van der Waals surface area contributed by atoms with Crippen LogP contribution >= 0.6 is 0 Å². The summed E-state index contributed by atoms with van der Waals surface area (Å²) in [5.74, 6) is 0.848. The molecule has 2 rings (SSSR count). The van der Waals surface area contributed by atoms with Gasteiger partial charge in [-0.1, -0.05) is 0 Å². The van der Waals surface area contributed by atoms with E-state index in [0.717, 1.165) is 32.1 Å². The molecule has 0 spiro atoms. The van der Waals surface area contributed by atoms with Crippen molar-refractivity contribution >= 4 is 0 Å². The van der Waals surface area contributed by atoms with Gasteiger partial charge >= 0.3 is 0 Å². The number of piperidine rings is 1. The van der Waals surface area contributed by atoms with Crippen LogP contribution in [0.3, 0.4) is 0 Å². The highest BCUT2D eigenvalue weighted by atomic mass is 16.5. The molecule has 0 bridgehead atoms. The van der Waals surface area contributed by atoms with E-state index in [0.29, 0.717) is 0 Å². The summed E-state index contributed by atoms with van der Waals surface area (Å²) in [5, 5.41) is 9.60. The molecule has 0 saturated carbocycles. The fourth-order valence-corrected chi connectivity index (χ4v) is 3.27. The van der Waals surface area contributed by atoms with E-state index in [1.54, 1.807) is 0 Å². The van der Waals surface area contributed by atoms with Gasteiger partial charge in [0.25, 0.3) is 0 Å². The number of rotatable bonds is 5. The maximum absolute atomic E-state index is 9.60. The third-order valence-electron chi connectivity index (χ3n) is 4.41. The summed E-state index contributed by atoms with van der Waals surface area (Å²) >= 11 is 0. The van der Waals surface area contributed by atoms with Crippen molar-refractivity contribution in [1.82, 2.24) is 9.80 Å². The van der Waals surface area contributed by atoms with Crippen LogP contribution in [0.2, 0.25) is 0 Å². The largest absolute Gasteiger partial charge is 0.396 e. The lowest BCUT2D eigenvalue weighted by Crippen LogP contribution is -2.45. The smallest absolute Gasteiger partial charge is 0.0557 e. The Hall–Kier alpha value is -0.160. The normalized spacial score (nSPS) is 31.3. The first-order chi connectivity index (χ1) is 8.63. The minimum absolute atomic E-state index is 0.0222. The number of likely N-dealkylation sites (tertiary alicyclic amines) is 1. The number of nitrogens with zero attached hydrogens (tertiary/aromatic N) is 2. The molecular weight excluding hydrogens is 228 g/mol. The van der Waals surface area contributed by atoms with Crippen molar-refractivity contribution in [3.63, 3.8) is 0 Å². The van der Waals surface area contributed by atoms with E-state index in [4.69, 9.17) is 4.74 Å². The molecule has 2 heterocycles. The topological polar surface area (TPSA) is 35.9 Å². The Labute approximate surface area is 111 Å². The van der Waals surface area contributed by atoms with Crippen LogP contribution in [-0.2, 0) is 4.74 Å². The molecule has 18 heavy (non-hydrogen) atoms. The molecule has 1 unspecified atom stereocenters. The van der Waals surface area contributed by atoms with Gasteiger partial charge in [0.2, 0.25) is 0 Å². The van der Waals surface area contributed by atoms with Crippen molar-refractivity contribution in [1.29, 1.82) is 0 Å². The number of ether oxygens (including phenoxy) is 1. The van der Waals surface area contributed by atoms with Gasteiger partial charge < -0.3 is 19.6 Å². The van der Waals surface area contributed by atoms with E-state index >= 15 is 0 Å². The Morgan fingerprint density at radius 2 is 2.06 bits per heavy atom. The van der Waals surface area contributed by atoms with Gasteiger partial charge in [0.05, 0.1) is 13.2 Å². The van der Waals surface area contributed by atoms with Gasteiger partial charge in [-0.05, 0) is 52.4 Å². The summed E-state index contributed by atoms with van der Waals surface area (Å²) in [5.41, 5.74) is 0.0222. The van der Waals surface area contributed by atoms with Gasteiger partial charge in [-0.15, -0.1) is 0 Å². The SMILES string of the molecule is CN(C)CC1CCN(CC2(CO)CCOC2)CC1. The highest BCUT2D eigenvalue weighted by Gasteiger charge is 2.36. The average molecular weight is 256 g/mol. The van der Waals surface area contributed by atoms with Crippen molar-refractivity contribution < 1.29 is 9.84 Å². The Morgan fingerprint density at radius 1 is 1.33 bits per heavy atom. The molecule has 0 radical (unpaired) electrons. The first-order valence-corrected chi connectivity index (χ1v) is 7.19. The van der Waals surface area contributed by atoms with Gasteiger partial charge in [-0.2, -0.15) is 0 Å². The molecular formula is C14H28N2O2. The molecule has 0 aromatic heterocycles. The monoisotopic (exact) mass is 256 g/mol. The van der Waals surface area contributed by atoms with Crippen LogP contribution < -0.4 is 0 Å². The summed E-state index contributed by atoms with van der Waals surface area (Å²) in [6, 6.07) is 0. The molecule has 2 aliphatic heterocycles. The fraction of sp³-hybridized carbons (Fsp3) is 1.00. The van der Waals surface area contributed by atoms with Crippen molar-refractivity contribution in [2.24, 2.45) is 11.3 Å². The summed E-state index contributed by atoms with van der Waals surface area (Å²) in [7, 11) is 4.31. The predicted octanol–water partition coefficient (Wildman–Crippen LogP) is 0.659. The standard InChI is InChI=1S/C14H28N2O2/c1-15(2)9-13-3-6-16(7-4-13)10-14(11-17)5-8-18-12-14/h13,17H,3-12H2,1-2H3. The molecule has 0 aromatic rings. The lowest BCUT2D eigenvalue weighted by atomic mass is 9.86. The predicted molar refractivity (Wildman–Crippen MR) is 72.7 cm³/mol. The molecule has 106 valence electrons. The van der Waals surface area contributed by atoms with Crippen LogP contribution in [0.25, 0.3) is 0 Å². The third kappa shape index (κ3) is 3.67. The summed E-state index contributed by atoms with van der Waals surface area (Å²) < 4.78 is 5.47. The van der Waals surface area contributed by atoms with E-state index < -0.39 is 0 Å². The third-order valence-corrected chi connectivity index (χ3v) is 4.41. The Balaban J connectivity index is 1.76. The maximum Gasteiger partial charge on any atom is 0.0557 e. The molecule has 0 aliphatic carbocycles. The molecule has 2 fully saturated rings. The minimum Gasteiger partial charge on any atom is -0.396 e.